The molecule has 6 heteroatoms. The molecule has 0 saturated carbocycles. The lowest BCUT2D eigenvalue weighted by atomic mass is 10.3. The largest absolute Gasteiger partial charge is 0.480 e. The Morgan fingerprint density at radius 2 is 2.29 bits per heavy atom. The summed E-state index contributed by atoms with van der Waals surface area (Å²) in [5, 5.41) is 14.6. The Labute approximate surface area is 80.5 Å². The second kappa shape index (κ2) is 4.52. The Bertz CT molecular complexity index is 321. The van der Waals surface area contributed by atoms with Crippen LogP contribution in [-0.4, -0.2) is 52.1 Å². The van der Waals surface area contributed by atoms with Crippen LogP contribution in [0.15, 0.2) is 12.3 Å². The van der Waals surface area contributed by atoms with Gasteiger partial charge in [-0.3, -0.25) is 19.6 Å². The van der Waals surface area contributed by atoms with Crippen LogP contribution < -0.4 is 0 Å². The molecule has 1 rings (SSSR count). The van der Waals surface area contributed by atoms with Crippen LogP contribution in [0.5, 0.6) is 0 Å². The topological polar surface area (TPSA) is 86.3 Å². The van der Waals surface area contributed by atoms with Crippen LogP contribution in [0.3, 0.4) is 0 Å². The van der Waals surface area contributed by atoms with Crippen molar-refractivity contribution in [2.45, 2.75) is 0 Å². The predicted molar refractivity (Wildman–Crippen MR) is 48.1 cm³/mol. The summed E-state index contributed by atoms with van der Waals surface area (Å²) >= 11 is 0. The Balaban J connectivity index is 2.45. The van der Waals surface area contributed by atoms with Gasteiger partial charge in [0.1, 0.15) is 5.69 Å². The van der Waals surface area contributed by atoms with Gasteiger partial charge in [0, 0.05) is 6.20 Å². The number of likely N-dealkylation sites (N-methyl/N-ethyl adjacent to an activating group) is 1. The van der Waals surface area contributed by atoms with Gasteiger partial charge in [-0.25, -0.2) is 0 Å². The minimum absolute atomic E-state index is 0.0640. The van der Waals surface area contributed by atoms with Crippen molar-refractivity contribution in [3.8, 4) is 0 Å². The van der Waals surface area contributed by atoms with E-state index in [1.54, 1.807) is 13.1 Å². The number of rotatable bonds is 5. The molecular formula is C8H11N3O3. The summed E-state index contributed by atoms with van der Waals surface area (Å²) < 4.78 is 0. The number of ketones is 1. The normalized spacial score (nSPS) is 10.4. The number of aliphatic carboxylic acids is 1. The van der Waals surface area contributed by atoms with E-state index in [0.29, 0.717) is 5.69 Å². The summed E-state index contributed by atoms with van der Waals surface area (Å²) in [6.45, 7) is -0.0889. The van der Waals surface area contributed by atoms with Gasteiger partial charge in [-0.15, -0.1) is 0 Å². The zero-order chi connectivity index (χ0) is 10.6. The van der Waals surface area contributed by atoms with Crippen molar-refractivity contribution in [3.05, 3.63) is 18.0 Å². The van der Waals surface area contributed by atoms with Crippen molar-refractivity contribution in [2.75, 3.05) is 20.1 Å². The first kappa shape index (κ1) is 10.4. The maximum atomic E-state index is 11.4. The minimum Gasteiger partial charge on any atom is -0.480 e. The van der Waals surface area contributed by atoms with E-state index < -0.39 is 5.97 Å². The maximum Gasteiger partial charge on any atom is 0.317 e. The smallest absolute Gasteiger partial charge is 0.317 e. The summed E-state index contributed by atoms with van der Waals surface area (Å²) in [7, 11) is 1.57. The monoisotopic (exact) mass is 197 g/mol. The first-order valence-corrected chi connectivity index (χ1v) is 4.02. The zero-order valence-electron chi connectivity index (χ0n) is 7.73. The zero-order valence-corrected chi connectivity index (χ0v) is 7.73. The molecule has 0 amide bonds. The van der Waals surface area contributed by atoms with Crippen molar-refractivity contribution in [3.63, 3.8) is 0 Å². The third-order valence-electron chi connectivity index (χ3n) is 1.62. The molecule has 1 heterocycles. The molecule has 0 aromatic carbocycles. The van der Waals surface area contributed by atoms with Gasteiger partial charge >= 0.3 is 5.97 Å². The average molecular weight is 197 g/mol. The van der Waals surface area contributed by atoms with Crippen LogP contribution in [0.1, 0.15) is 10.5 Å². The van der Waals surface area contributed by atoms with Crippen LogP contribution in [-0.2, 0) is 4.79 Å². The van der Waals surface area contributed by atoms with E-state index in [0.717, 1.165) is 0 Å². The number of aromatic amines is 1. The molecule has 0 bridgehead atoms. The highest BCUT2D eigenvalue weighted by Crippen LogP contribution is 1.95. The number of nitrogens with one attached hydrogen (secondary N) is 1. The number of carboxylic acid groups (broad SMARTS) is 1. The minimum atomic E-state index is -0.954. The van der Waals surface area contributed by atoms with Crippen molar-refractivity contribution in [1.29, 1.82) is 0 Å². The van der Waals surface area contributed by atoms with E-state index in [1.807, 2.05) is 0 Å². The van der Waals surface area contributed by atoms with E-state index in [2.05, 4.69) is 10.2 Å². The summed E-state index contributed by atoms with van der Waals surface area (Å²) in [6, 6.07) is 1.55. The fourth-order valence-corrected chi connectivity index (χ4v) is 1.03. The van der Waals surface area contributed by atoms with Gasteiger partial charge < -0.3 is 5.11 Å². The molecule has 0 radical (unpaired) electrons. The Morgan fingerprint density at radius 3 is 2.79 bits per heavy atom. The van der Waals surface area contributed by atoms with Crippen LogP contribution in [0.2, 0.25) is 0 Å². The number of carbonyl (C=O) groups is 2. The highest BCUT2D eigenvalue weighted by atomic mass is 16.4. The van der Waals surface area contributed by atoms with E-state index in [-0.39, 0.29) is 18.9 Å². The van der Waals surface area contributed by atoms with Gasteiger partial charge in [0.05, 0.1) is 13.1 Å². The summed E-state index contributed by atoms with van der Waals surface area (Å²) in [6.07, 6.45) is 1.48. The van der Waals surface area contributed by atoms with Gasteiger partial charge in [0.2, 0.25) is 0 Å². The predicted octanol–water partition coefficient (Wildman–Crippen LogP) is -0.391. The van der Waals surface area contributed by atoms with E-state index >= 15 is 0 Å². The molecule has 6 nitrogen and oxygen atoms in total. The molecule has 0 aliphatic rings. The van der Waals surface area contributed by atoms with Crippen molar-refractivity contribution in [1.82, 2.24) is 15.1 Å². The molecular weight excluding hydrogens is 186 g/mol. The van der Waals surface area contributed by atoms with Crippen LogP contribution in [0, 0.1) is 0 Å². The highest BCUT2D eigenvalue weighted by molar-refractivity contribution is 5.95. The Morgan fingerprint density at radius 1 is 1.57 bits per heavy atom. The molecule has 0 spiro atoms. The molecule has 0 atom stereocenters. The van der Waals surface area contributed by atoms with Crippen LogP contribution in [0.25, 0.3) is 0 Å². The number of hydrogen-bond donors (Lipinski definition) is 2. The molecule has 1 aromatic rings. The van der Waals surface area contributed by atoms with Gasteiger partial charge in [-0.2, -0.15) is 5.10 Å². The van der Waals surface area contributed by atoms with E-state index in [4.69, 9.17) is 5.11 Å². The van der Waals surface area contributed by atoms with Crippen molar-refractivity contribution < 1.29 is 14.7 Å². The molecule has 14 heavy (non-hydrogen) atoms. The molecule has 0 saturated heterocycles. The highest BCUT2D eigenvalue weighted by Gasteiger charge is 2.12. The number of Topliss-reactive ketones (excluding diaryl/α,β-unsaturated/α-hetero) is 1. The first-order chi connectivity index (χ1) is 6.59. The molecule has 1 aromatic heterocycles. The van der Waals surface area contributed by atoms with Crippen LogP contribution >= 0.6 is 0 Å². The van der Waals surface area contributed by atoms with Gasteiger partial charge in [0.15, 0.2) is 5.78 Å². The second-order valence-electron chi connectivity index (χ2n) is 2.96. The van der Waals surface area contributed by atoms with Crippen LogP contribution in [0.4, 0.5) is 0 Å². The molecule has 0 unspecified atom stereocenters. The quantitative estimate of drug-likeness (QED) is 0.628. The third kappa shape index (κ3) is 2.98. The summed E-state index contributed by atoms with van der Waals surface area (Å²) in [5.74, 6) is -1.13. The van der Waals surface area contributed by atoms with E-state index in [1.165, 1.54) is 11.1 Å². The van der Waals surface area contributed by atoms with Gasteiger partial charge in [-0.1, -0.05) is 0 Å². The molecule has 0 aliphatic heterocycles. The second-order valence-corrected chi connectivity index (χ2v) is 2.96. The lowest BCUT2D eigenvalue weighted by molar-refractivity contribution is -0.137. The first-order valence-electron chi connectivity index (χ1n) is 4.02. The lowest BCUT2D eigenvalue weighted by Gasteiger charge is -2.11. The number of hydrogen-bond acceptors (Lipinski definition) is 4. The fraction of sp³-hybridized carbons (Fsp3) is 0.375. The standard InChI is InChI=1S/C8H11N3O3/c1-11(5-8(13)14)4-7(12)6-2-3-9-10-6/h2-3H,4-5H2,1H3,(H,9,10)(H,13,14). The van der Waals surface area contributed by atoms with Gasteiger partial charge in [-0.05, 0) is 13.1 Å². The molecule has 76 valence electrons. The number of carboxylic acids is 1. The lowest BCUT2D eigenvalue weighted by Crippen LogP contribution is -2.31. The molecule has 0 fully saturated rings. The Hall–Kier alpha value is -1.69. The average Bonchev–Trinajstić information content (AvgIpc) is 2.53. The number of nitrogens with zero attached hydrogens (tertiary/aromatic N) is 2. The van der Waals surface area contributed by atoms with Crippen molar-refractivity contribution in [2.24, 2.45) is 0 Å². The van der Waals surface area contributed by atoms with Gasteiger partial charge in [0.25, 0.3) is 0 Å². The number of aromatic nitrogens is 2. The maximum absolute atomic E-state index is 11.4. The SMILES string of the molecule is CN(CC(=O)O)CC(=O)c1ccn[nH]1. The number of carbonyl (C=O) groups excluding carboxylic acids is 1. The summed E-state index contributed by atoms with van der Waals surface area (Å²) in [4.78, 5) is 23.1. The van der Waals surface area contributed by atoms with E-state index in [9.17, 15) is 9.59 Å². The molecule has 0 aliphatic carbocycles. The van der Waals surface area contributed by atoms with Crippen molar-refractivity contribution >= 4 is 11.8 Å². The fourth-order valence-electron chi connectivity index (χ4n) is 1.03. The summed E-state index contributed by atoms with van der Waals surface area (Å²) in [5.41, 5.74) is 0.391. The number of H-pyrrole nitrogens is 1. The molecule has 2 N–H and O–H groups in total. The third-order valence-corrected chi connectivity index (χ3v) is 1.62. The Kier molecular flexibility index (Phi) is 3.35.